The van der Waals surface area contributed by atoms with Crippen LogP contribution in [0.15, 0.2) is 52.6 Å². The zero-order valence-corrected chi connectivity index (χ0v) is 14.5. The van der Waals surface area contributed by atoms with Crippen LogP contribution in [0.1, 0.15) is 35.0 Å². The lowest BCUT2D eigenvalue weighted by Crippen LogP contribution is -2.27. The predicted molar refractivity (Wildman–Crippen MR) is 99.1 cm³/mol. The Labute approximate surface area is 150 Å². The molecule has 3 heterocycles. The third kappa shape index (κ3) is 3.50. The van der Waals surface area contributed by atoms with Crippen LogP contribution in [0.3, 0.4) is 0 Å². The predicted octanol–water partition coefficient (Wildman–Crippen LogP) is 4.12. The molecule has 1 fully saturated rings. The largest absolute Gasteiger partial charge is 0.447 e. The first-order valence-electron chi connectivity index (χ1n) is 8.40. The molecule has 4 rings (SSSR count). The molecule has 3 aromatic rings. The highest BCUT2D eigenvalue weighted by atomic mass is 32.1. The second kappa shape index (κ2) is 7.21. The number of aromatic nitrogens is 1. The molecule has 0 radical (unpaired) electrons. The normalized spacial score (nSPS) is 15.2. The summed E-state index contributed by atoms with van der Waals surface area (Å²) < 4.78 is 5.55. The SMILES string of the molecule is O=C(Nc1cccc(-c2cccs2)c1)c1ncoc1C1CCNCC1. The number of rotatable bonds is 4. The van der Waals surface area contributed by atoms with Crippen molar-refractivity contribution in [2.75, 3.05) is 18.4 Å². The second-order valence-corrected chi connectivity index (χ2v) is 7.05. The number of nitrogens with zero attached hydrogens (tertiary/aromatic N) is 1. The minimum atomic E-state index is -0.217. The Morgan fingerprint density at radius 3 is 2.92 bits per heavy atom. The summed E-state index contributed by atoms with van der Waals surface area (Å²) in [5.41, 5.74) is 2.25. The van der Waals surface area contributed by atoms with E-state index in [9.17, 15) is 4.79 Å². The van der Waals surface area contributed by atoms with E-state index in [-0.39, 0.29) is 11.8 Å². The van der Waals surface area contributed by atoms with Gasteiger partial charge in [-0.25, -0.2) is 4.98 Å². The first kappa shape index (κ1) is 16.1. The molecule has 0 saturated carbocycles. The summed E-state index contributed by atoms with van der Waals surface area (Å²) >= 11 is 1.68. The van der Waals surface area contributed by atoms with Crippen molar-refractivity contribution in [3.63, 3.8) is 0 Å². The molecule has 25 heavy (non-hydrogen) atoms. The van der Waals surface area contributed by atoms with Crippen molar-refractivity contribution in [2.45, 2.75) is 18.8 Å². The average molecular weight is 353 g/mol. The Morgan fingerprint density at radius 1 is 1.24 bits per heavy atom. The molecule has 1 aromatic carbocycles. The molecule has 0 bridgehead atoms. The van der Waals surface area contributed by atoms with Gasteiger partial charge in [-0.15, -0.1) is 11.3 Å². The smallest absolute Gasteiger partial charge is 0.277 e. The van der Waals surface area contributed by atoms with Crippen LogP contribution in [0.2, 0.25) is 0 Å². The van der Waals surface area contributed by atoms with Gasteiger partial charge in [-0.3, -0.25) is 4.79 Å². The van der Waals surface area contributed by atoms with Crippen molar-refractivity contribution in [3.8, 4) is 10.4 Å². The van der Waals surface area contributed by atoms with E-state index in [1.807, 2.05) is 35.7 Å². The van der Waals surface area contributed by atoms with E-state index in [4.69, 9.17) is 4.42 Å². The van der Waals surface area contributed by atoms with Crippen LogP contribution in [0.5, 0.6) is 0 Å². The zero-order valence-electron chi connectivity index (χ0n) is 13.7. The van der Waals surface area contributed by atoms with Gasteiger partial charge in [0.2, 0.25) is 0 Å². The molecule has 2 N–H and O–H groups in total. The lowest BCUT2D eigenvalue weighted by molar-refractivity contribution is 0.102. The maximum atomic E-state index is 12.7. The number of carbonyl (C=O) groups excluding carboxylic acids is 1. The molecule has 1 amide bonds. The van der Waals surface area contributed by atoms with E-state index in [1.165, 1.54) is 11.3 Å². The number of hydrogen-bond acceptors (Lipinski definition) is 5. The summed E-state index contributed by atoms with van der Waals surface area (Å²) in [6.07, 6.45) is 3.29. The Kier molecular flexibility index (Phi) is 4.63. The molecule has 1 saturated heterocycles. The minimum Gasteiger partial charge on any atom is -0.447 e. The average Bonchev–Trinajstić information content (AvgIpc) is 3.34. The maximum absolute atomic E-state index is 12.7. The minimum absolute atomic E-state index is 0.217. The summed E-state index contributed by atoms with van der Waals surface area (Å²) in [5, 5.41) is 8.32. The fourth-order valence-corrected chi connectivity index (χ4v) is 3.91. The van der Waals surface area contributed by atoms with Crippen LogP contribution < -0.4 is 10.6 Å². The standard InChI is InChI=1S/C19H19N3O2S/c23-19(17-18(24-12-21-17)13-6-8-20-9-7-13)22-15-4-1-3-14(11-15)16-5-2-10-25-16/h1-5,10-13,20H,6-9H2,(H,22,23). The van der Waals surface area contributed by atoms with Gasteiger partial charge < -0.3 is 15.1 Å². The van der Waals surface area contributed by atoms with Gasteiger partial charge >= 0.3 is 0 Å². The van der Waals surface area contributed by atoms with Crippen LogP contribution >= 0.6 is 11.3 Å². The van der Waals surface area contributed by atoms with E-state index in [2.05, 4.69) is 21.7 Å². The number of hydrogen-bond donors (Lipinski definition) is 2. The Balaban J connectivity index is 1.53. The van der Waals surface area contributed by atoms with Crippen LogP contribution in [0, 0.1) is 0 Å². The molecule has 0 aliphatic carbocycles. The van der Waals surface area contributed by atoms with Crippen LogP contribution in [-0.2, 0) is 0 Å². The molecule has 1 aliphatic heterocycles. The van der Waals surface area contributed by atoms with Crippen LogP contribution in [0.25, 0.3) is 10.4 Å². The monoisotopic (exact) mass is 353 g/mol. The fraction of sp³-hybridized carbons (Fsp3) is 0.263. The number of anilines is 1. The van der Waals surface area contributed by atoms with Gasteiger partial charge in [0.05, 0.1) is 0 Å². The lowest BCUT2D eigenvalue weighted by atomic mass is 9.94. The number of benzene rings is 1. The van der Waals surface area contributed by atoms with E-state index in [0.717, 1.165) is 37.2 Å². The van der Waals surface area contributed by atoms with Gasteiger partial charge in [0.15, 0.2) is 12.1 Å². The molecule has 6 heteroatoms. The third-order valence-corrected chi connectivity index (χ3v) is 5.36. The van der Waals surface area contributed by atoms with Crippen molar-refractivity contribution < 1.29 is 9.21 Å². The number of oxazole rings is 1. The highest BCUT2D eigenvalue weighted by Crippen LogP contribution is 2.29. The molecule has 0 spiro atoms. The summed E-state index contributed by atoms with van der Waals surface area (Å²) in [7, 11) is 0. The number of nitrogens with one attached hydrogen (secondary N) is 2. The summed E-state index contributed by atoms with van der Waals surface area (Å²) in [6, 6.07) is 11.9. The molecule has 128 valence electrons. The Hall–Kier alpha value is -2.44. The van der Waals surface area contributed by atoms with Gasteiger partial charge in [-0.05, 0) is 55.1 Å². The zero-order chi connectivity index (χ0) is 17.1. The van der Waals surface area contributed by atoms with E-state index < -0.39 is 0 Å². The third-order valence-electron chi connectivity index (χ3n) is 4.45. The Morgan fingerprint density at radius 2 is 2.12 bits per heavy atom. The van der Waals surface area contributed by atoms with Gasteiger partial charge in [0.25, 0.3) is 5.91 Å². The molecule has 1 aliphatic rings. The second-order valence-electron chi connectivity index (χ2n) is 6.10. The van der Waals surface area contributed by atoms with Gasteiger partial charge in [0, 0.05) is 16.5 Å². The number of carbonyl (C=O) groups is 1. The van der Waals surface area contributed by atoms with Gasteiger partial charge in [0.1, 0.15) is 5.76 Å². The molecule has 0 unspecified atom stereocenters. The van der Waals surface area contributed by atoms with Crippen molar-refractivity contribution in [1.82, 2.24) is 10.3 Å². The van der Waals surface area contributed by atoms with E-state index >= 15 is 0 Å². The first-order valence-corrected chi connectivity index (χ1v) is 9.28. The molecular formula is C19H19N3O2S. The lowest BCUT2D eigenvalue weighted by Gasteiger charge is -2.21. The first-order chi connectivity index (χ1) is 12.3. The highest BCUT2D eigenvalue weighted by Gasteiger charge is 2.26. The number of amides is 1. The number of thiophene rings is 1. The fourth-order valence-electron chi connectivity index (χ4n) is 3.18. The molecule has 2 aromatic heterocycles. The van der Waals surface area contributed by atoms with Crippen molar-refractivity contribution in [1.29, 1.82) is 0 Å². The Bertz CT molecular complexity index is 851. The molecule has 0 atom stereocenters. The molecule has 5 nitrogen and oxygen atoms in total. The van der Waals surface area contributed by atoms with Crippen LogP contribution in [0.4, 0.5) is 5.69 Å². The quantitative estimate of drug-likeness (QED) is 0.740. The maximum Gasteiger partial charge on any atom is 0.277 e. The van der Waals surface area contributed by atoms with E-state index in [0.29, 0.717) is 11.5 Å². The highest BCUT2D eigenvalue weighted by molar-refractivity contribution is 7.13. The number of piperidine rings is 1. The molecular weight excluding hydrogens is 334 g/mol. The topological polar surface area (TPSA) is 67.2 Å². The van der Waals surface area contributed by atoms with Gasteiger partial charge in [-0.2, -0.15) is 0 Å². The summed E-state index contributed by atoms with van der Waals surface area (Å²) in [6.45, 7) is 1.88. The van der Waals surface area contributed by atoms with Crippen molar-refractivity contribution in [3.05, 3.63) is 59.6 Å². The van der Waals surface area contributed by atoms with Gasteiger partial charge in [-0.1, -0.05) is 18.2 Å². The summed E-state index contributed by atoms with van der Waals surface area (Å²) in [4.78, 5) is 18.0. The van der Waals surface area contributed by atoms with Crippen LogP contribution in [-0.4, -0.2) is 24.0 Å². The van der Waals surface area contributed by atoms with E-state index in [1.54, 1.807) is 11.3 Å². The van der Waals surface area contributed by atoms with Crippen molar-refractivity contribution >= 4 is 22.9 Å². The van der Waals surface area contributed by atoms with Crippen molar-refractivity contribution in [2.24, 2.45) is 0 Å². The summed E-state index contributed by atoms with van der Waals surface area (Å²) in [5.74, 6) is 0.737.